The van der Waals surface area contributed by atoms with Gasteiger partial charge >= 0.3 is 11.0 Å². The molecule has 1 saturated heterocycles. The minimum absolute atomic E-state index is 0.0752. The summed E-state index contributed by atoms with van der Waals surface area (Å²) in [7, 11) is 0. The van der Waals surface area contributed by atoms with Crippen LogP contribution in [0.15, 0.2) is 94.7 Å². The third kappa shape index (κ3) is 5.33. The average Bonchev–Trinajstić information content (AvgIpc) is 3.48. The second-order valence-electron chi connectivity index (χ2n) is 10.9. The summed E-state index contributed by atoms with van der Waals surface area (Å²) in [5.74, 6) is -4.48. The van der Waals surface area contributed by atoms with Crippen molar-refractivity contribution in [1.82, 2.24) is 4.57 Å². The number of alkyl halides is 3. The average molecular weight is 715 g/mol. The van der Waals surface area contributed by atoms with Crippen LogP contribution >= 0.6 is 46.3 Å². The zero-order valence-corrected chi connectivity index (χ0v) is 26.9. The molecule has 2 aliphatic heterocycles. The minimum Gasteiger partial charge on any atom is -0.324 e. The Hall–Kier alpha value is -4.10. The molecule has 5 aromatic rings. The second-order valence-corrected chi connectivity index (χ2v) is 13.8. The van der Waals surface area contributed by atoms with Crippen molar-refractivity contribution in [3.05, 3.63) is 121 Å². The number of benzene rings is 4. The Morgan fingerprint density at radius 2 is 1.57 bits per heavy atom. The number of thiazole rings is 1. The molecule has 4 aromatic carbocycles. The SMILES string of the molecule is O=C(Cn1c2c(sc1=O)[C@H](c1cccc(Cl)c1Cl)C1C(=O)N(c3ccccc3C(F)(F)F)C(=O)C1S2)Nc1cccc2ccccc12. The number of rotatable bonds is 5. The van der Waals surface area contributed by atoms with Gasteiger partial charge in [0.25, 0.3) is 0 Å². The zero-order chi connectivity index (χ0) is 33.2. The van der Waals surface area contributed by atoms with Crippen LogP contribution in [0.5, 0.6) is 0 Å². The summed E-state index contributed by atoms with van der Waals surface area (Å²) in [6.07, 6.45) is -4.84. The van der Waals surface area contributed by atoms with Crippen LogP contribution in [0.4, 0.5) is 24.5 Å². The van der Waals surface area contributed by atoms with Crippen molar-refractivity contribution in [3.63, 3.8) is 0 Å². The van der Waals surface area contributed by atoms with Gasteiger partial charge in [-0.1, -0.05) is 107 Å². The van der Waals surface area contributed by atoms with Gasteiger partial charge in [0.1, 0.15) is 11.8 Å². The zero-order valence-electron chi connectivity index (χ0n) is 23.8. The van der Waals surface area contributed by atoms with E-state index in [2.05, 4.69) is 5.32 Å². The number of imide groups is 1. The van der Waals surface area contributed by atoms with Gasteiger partial charge in [-0.05, 0) is 35.2 Å². The maximum absolute atomic E-state index is 14.1. The van der Waals surface area contributed by atoms with Crippen LogP contribution in [0.1, 0.15) is 21.9 Å². The highest BCUT2D eigenvalue weighted by Gasteiger charge is 2.58. The van der Waals surface area contributed by atoms with Gasteiger partial charge in [0.05, 0.1) is 32.2 Å². The van der Waals surface area contributed by atoms with E-state index in [1.165, 1.54) is 22.8 Å². The number of nitrogens with one attached hydrogen (secondary N) is 1. The Kier molecular flexibility index (Phi) is 7.94. The molecule has 14 heteroatoms. The molecular formula is C33H20Cl2F3N3O4S2. The van der Waals surface area contributed by atoms with Crippen LogP contribution in [-0.4, -0.2) is 27.5 Å². The Bertz CT molecular complexity index is 2180. The van der Waals surface area contributed by atoms with E-state index in [1.807, 2.05) is 30.3 Å². The maximum Gasteiger partial charge on any atom is 0.418 e. The van der Waals surface area contributed by atoms with Gasteiger partial charge in [-0.25, -0.2) is 4.90 Å². The molecule has 238 valence electrons. The summed E-state index contributed by atoms with van der Waals surface area (Å²) in [6, 6.07) is 22.0. The van der Waals surface area contributed by atoms with E-state index in [0.29, 0.717) is 21.0 Å². The van der Waals surface area contributed by atoms with Crippen LogP contribution in [0.3, 0.4) is 0 Å². The third-order valence-corrected chi connectivity index (χ3v) is 11.6. The third-order valence-electron chi connectivity index (χ3n) is 8.18. The Morgan fingerprint density at radius 3 is 2.36 bits per heavy atom. The number of halogens is 5. The van der Waals surface area contributed by atoms with Gasteiger partial charge in [0, 0.05) is 21.9 Å². The fourth-order valence-electron chi connectivity index (χ4n) is 6.16. The van der Waals surface area contributed by atoms with Gasteiger partial charge in [-0.2, -0.15) is 13.2 Å². The lowest BCUT2D eigenvalue weighted by molar-refractivity contribution is -0.137. The number of fused-ring (bicyclic) bond motifs is 3. The van der Waals surface area contributed by atoms with Crippen molar-refractivity contribution >= 4 is 86.2 Å². The lowest BCUT2D eigenvalue weighted by Crippen LogP contribution is -2.33. The number of carbonyl (C=O) groups is 3. The van der Waals surface area contributed by atoms with Crippen molar-refractivity contribution in [2.24, 2.45) is 5.92 Å². The molecular weight excluding hydrogens is 694 g/mol. The normalized spacial score (nSPS) is 19.2. The molecule has 0 saturated carbocycles. The van der Waals surface area contributed by atoms with E-state index in [0.717, 1.165) is 46.0 Å². The van der Waals surface area contributed by atoms with Gasteiger partial charge in [-0.15, -0.1) is 0 Å². The molecule has 0 spiro atoms. The van der Waals surface area contributed by atoms with Crippen molar-refractivity contribution in [1.29, 1.82) is 0 Å². The first-order chi connectivity index (χ1) is 22.5. The van der Waals surface area contributed by atoms with Crippen LogP contribution in [0.25, 0.3) is 10.8 Å². The van der Waals surface area contributed by atoms with Crippen molar-refractivity contribution in [2.45, 2.75) is 28.9 Å². The number of carbonyl (C=O) groups excluding carboxylic acids is 3. The summed E-state index contributed by atoms with van der Waals surface area (Å²) < 4.78 is 43.3. The van der Waals surface area contributed by atoms with Crippen molar-refractivity contribution < 1.29 is 27.6 Å². The number of hydrogen-bond acceptors (Lipinski definition) is 6. The first kappa shape index (κ1) is 31.5. The first-order valence-corrected chi connectivity index (χ1v) is 16.6. The van der Waals surface area contributed by atoms with Gasteiger partial charge in [-0.3, -0.25) is 23.7 Å². The molecule has 1 aromatic heterocycles. The highest BCUT2D eigenvalue weighted by molar-refractivity contribution is 8.00. The minimum atomic E-state index is -4.84. The number of para-hydroxylation sites is 1. The fraction of sp³-hybridized carbons (Fsp3) is 0.152. The topological polar surface area (TPSA) is 88.5 Å². The highest BCUT2D eigenvalue weighted by Crippen LogP contribution is 2.56. The van der Waals surface area contributed by atoms with Crippen LogP contribution in [0.2, 0.25) is 10.0 Å². The molecule has 7 rings (SSSR count). The van der Waals surface area contributed by atoms with Crippen LogP contribution in [-0.2, 0) is 27.1 Å². The summed E-state index contributed by atoms with van der Waals surface area (Å²) in [5, 5.41) is 3.80. The van der Waals surface area contributed by atoms with Crippen LogP contribution < -0.4 is 15.1 Å². The van der Waals surface area contributed by atoms with E-state index >= 15 is 0 Å². The molecule has 0 aliphatic carbocycles. The van der Waals surface area contributed by atoms with Gasteiger partial charge in [0.2, 0.25) is 17.7 Å². The standard InChI is InChI=1S/C33H20Cl2F3N3O4S2/c34-20-12-6-10-18(26(20)35)24-25-27(30(44)41(29(25)43)22-14-4-3-11-19(22)33(36,37)38)46-31-28(24)47-32(45)40(31)15-23(42)39-21-13-5-8-16-7-1-2-9-17(16)21/h1-14,24-25,27H,15H2,(H,39,42)/t24-,25?,27?/m1/s1. The predicted molar refractivity (Wildman–Crippen MR) is 177 cm³/mol. The molecule has 3 amide bonds. The molecule has 0 radical (unpaired) electrons. The first-order valence-electron chi connectivity index (χ1n) is 14.1. The van der Waals surface area contributed by atoms with E-state index in [9.17, 15) is 32.3 Å². The largest absolute Gasteiger partial charge is 0.418 e. The van der Waals surface area contributed by atoms with Crippen molar-refractivity contribution in [2.75, 3.05) is 10.2 Å². The lowest BCUT2D eigenvalue weighted by Gasteiger charge is -2.31. The van der Waals surface area contributed by atoms with E-state index in [-0.39, 0.29) is 15.1 Å². The van der Waals surface area contributed by atoms with E-state index < -0.39 is 63.7 Å². The maximum atomic E-state index is 14.1. The number of aromatic nitrogens is 1. The Balaban J connectivity index is 1.32. The predicted octanol–water partition coefficient (Wildman–Crippen LogP) is 7.82. The number of amides is 3. The quantitative estimate of drug-likeness (QED) is 0.188. The van der Waals surface area contributed by atoms with Crippen molar-refractivity contribution in [3.8, 4) is 0 Å². The number of thioether (sulfide) groups is 1. The molecule has 1 fully saturated rings. The van der Waals surface area contributed by atoms with Gasteiger partial charge in [0.15, 0.2) is 0 Å². The number of hydrogen-bond donors (Lipinski definition) is 1. The smallest absolute Gasteiger partial charge is 0.324 e. The Morgan fingerprint density at radius 1 is 0.872 bits per heavy atom. The molecule has 2 aliphatic rings. The monoisotopic (exact) mass is 713 g/mol. The van der Waals surface area contributed by atoms with E-state index in [1.54, 1.807) is 24.3 Å². The molecule has 3 atom stereocenters. The summed E-state index contributed by atoms with van der Waals surface area (Å²) in [4.78, 5) is 55.3. The highest BCUT2D eigenvalue weighted by atomic mass is 35.5. The molecule has 3 heterocycles. The second kappa shape index (κ2) is 11.9. The summed E-state index contributed by atoms with van der Waals surface area (Å²) in [5.41, 5.74) is -0.857. The summed E-state index contributed by atoms with van der Waals surface area (Å²) in [6.45, 7) is -0.420. The lowest BCUT2D eigenvalue weighted by atomic mass is 9.83. The molecule has 7 nitrogen and oxygen atoms in total. The van der Waals surface area contributed by atoms with E-state index in [4.69, 9.17) is 23.2 Å². The molecule has 47 heavy (non-hydrogen) atoms. The fourth-order valence-corrected chi connectivity index (χ4v) is 9.35. The molecule has 0 bridgehead atoms. The summed E-state index contributed by atoms with van der Waals surface area (Å²) >= 11 is 14.6. The molecule has 2 unspecified atom stereocenters. The number of anilines is 2. The number of nitrogens with zero attached hydrogens (tertiary/aromatic N) is 2. The molecule has 1 N–H and O–H groups in total. The van der Waals surface area contributed by atoms with Crippen LogP contribution in [0, 0.1) is 5.92 Å². The Labute approximate surface area is 282 Å². The van der Waals surface area contributed by atoms with Gasteiger partial charge < -0.3 is 5.32 Å².